The molecule has 0 bridgehead atoms. The first-order chi connectivity index (χ1) is 14.2. The molecule has 5 nitrogen and oxygen atoms in total. The molecular formula is C24H22N2O3. The summed E-state index contributed by atoms with van der Waals surface area (Å²) in [7, 11) is 0. The Morgan fingerprint density at radius 1 is 1.03 bits per heavy atom. The van der Waals surface area contributed by atoms with E-state index >= 15 is 0 Å². The van der Waals surface area contributed by atoms with Crippen molar-refractivity contribution in [3.8, 4) is 11.5 Å². The maximum atomic E-state index is 13.0. The molecule has 1 aliphatic rings. The van der Waals surface area contributed by atoms with E-state index in [4.69, 9.17) is 9.47 Å². The molecule has 1 amide bonds. The van der Waals surface area contributed by atoms with Crippen molar-refractivity contribution in [1.82, 2.24) is 5.43 Å². The molecule has 1 aliphatic heterocycles. The number of rotatable bonds is 6. The summed E-state index contributed by atoms with van der Waals surface area (Å²) in [6.07, 6.45) is 2.22. The van der Waals surface area contributed by atoms with Crippen LogP contribution in [0.1, 0.15) is 28.2 Å². The Labute approximate surface area is 170 Å². The lowest BCUT2D eigenvalue weighted by molar-refractivity contribution is -0.122. The highest BCUT2D eigenvalue weighted by Crippen LogP contribution is 2.32. The van der Waals surface area contributed by atoms with Gasteiger partial charge >= 0.3 is 0 Å². The summed E-state index contributed by atoms with van der Waals surface area (Å²) in [5.74, 6) is 0.929. The van der Waals surface area contributed by atoms with Crippen LogP contribution in [0.3, 0.4) is 0 Å². The third-order valence-corrected chi connectivity index (χ3v) is 4.99. The third kappa shape index (κ3) is 4.46. The Kier molecular flexibility index (Phi) is 5.56. The highest BCUT2D eigenvalue weighted by atomic mass is 16.7. The number of nitrogens with one attached hydrogen (secondary N) is 1. The summed E-state index contributed by atoms with van der Waals surface area (Å²) >= 11 is 0. The van der Waals surface area contributed by atoms with Gasteiger partial charge in [-0.05, 0) is 53.8 Å². The van der Waals surface area contributed by atoms with Crippen LogP contribution in [0, 0.1) is 6.92 Å². The van der Waals surface area contributed by atoms with E-state index in [1.165, 1.54) is 5.56 Å². The van der Waals surface area contributed by atoms with E-state index in [1.54, 1.807) is 6.21 Å². The van der Waals surface area contributed by atoms with Gasteiger partial charge in [0.05, 0.1) is 12.1 Å². The number of amides is 1. The Hall–Kier alpha value is -3.60. The second-order valence-corrected chi connectivity index (χ2v) is 6.94. The van der Waals surface area contributed by atoms with E-state index in [1.807, 2.05) is 60.7 Å². The van der Waals surface area contributed by atoms with Crippen molar-refractivity contribution < 1.29 is 14.3 Å². The van der Waals surface area contributed by atoms with Crippen LogP contribution in [0.15, 0.2) is 77.9 Å². The van der Waals surface area contributed by atoms with Gasteiger partial charge in [-0.15, -0.1) is 0 Å². The molecule has 1 unspecified atom stereocenters. The molecule has 0 fully saturated rings. The molecule has 5 heteroatoms. The van der Waals surface area contributed by atoms with Gasteiger partial charge in [-0.25, -0.2) is 5.43 Å². The van der Waals surface area contributed by atoms with Crippen LogP contribution in [0.5, 0.6) is 11.5 Å². The summed E-state index contributed by atoms with van der Waals surface area (Å²) in [5.41, 5.74) is 6.80. The lowest BCUT2D eigenvalue weighted by Crippen LogP contribution is -2.27. The van der Waals surface area contributed by atoms with Crippen molar-refractivity contribution in [3.05, 3.63) is 95.1 Å². The maximum Gasteiger partial charge on any atom is 0.247 e. The number of carbonyl (C=O) groups is 1. The van der Waals surface area contributed by atoms with Crippen LogP contribution in [0.4, 0.5) is 0 Å². The molecule has 1 N–H and O–H groups in total. The molecule has 0 aliphatic carbocycles. The van der Waals surface area contributed by atoms with Crippen LogP contribution in [-0.2, 0) is 11.2 Å². The van der Waals surface area contributed by atoms with Crippen molar-refractivity contribution >= 4 is 12.1 Å². The zero-order chi connectivity index (χ0) is 20.1. The van der Waals surface area contributed by atoms with Crippen LogP contribution in [0.25, 0.3) is 0 Å². The smallest absolute Gasteiger partial charge is 0.247 e. The molecule has 0 aromatic heterocycles. The first kappa shape index (κ1) is 18.7. The lowest BCUT2D eigenvalue weighted by atomic mass is 9.90. The van der Waals surface area contributed by atoms with Gasteiger partial charge in [-0.3, -0.25) is 4.79 Å². The van der Waals surface area contributed by atoms with E-state index < -0.39 is 0 Å². The predicted molar refractivity (Wildman–Crippen MR) is 112 cm³/mol. The van der Waals surface area contributed by atoms with Crippen LogP contribution >= 0.6 is 0 Å². The van der Waals surface area contributed by atoms with E-state index in [9.17, 15) is 4.79 Å². The minimum absolute atomic E-state index is 0.142. The van der Waals surface area contributed by atoms with E-state index in [-0.39, 0.29) is 18.6 Å². The molecule has 0 saturated carbocycles. The number of hydrogen-bond acceptors (Lipinski definition) is 4. The third-order valence-electron chi connectivity index (χ3n) is 4.99. The molecule has 4 rings (SSSR count). The number of ether oxygens (including phenoxy) is 2. The Morgan fingerprint density at radius 3 is 2.62 bits per heavy atom. The normalized spacial score (nSPS) is 13.4. The van der Waals surface area contributed by atoms with Gasteiger partial charge in [-0.1, -0.05) is 54.6 Å². The number of fused-ring (bicyclic) bond motifs is 1. The summed E-state index contributed by atoms with van der Waals surface area (Å²) < 4.78 is 10.7. The fourth-order valence-corrected chi connectivity index (χ4v) is 3.35. The van der Waals surface area contributed by atoms with Crippen molar-refractivity contribution in [2.45, 2.75) is 19.3 Å². The number of aryl methyl sites for hydroxylation is 1. The SMILES string of the molecule is Cc1ccccc1CC(C(=O)N/N=C/c1ccc2c(c1)OCO2)c1ccccc1. The summed E-state index contributed by atoms with van der Waals surface area (Å²) in [6, 6.07) is 23.5. The minimum atomic E-state index is -0.328. The van der Waals surface area contributed by atoms with Crippen LogP contribution in [-0.4, -0.2) is 18.9 Å². The quantitative estimate of drug-likeness (QED) is 0.510. The highest BCUT2D eigenvalue weighted by Gasteiger charge is 2.21. The average Bonchev–Trinajstić information content (AvgIpc) is 3.21. The first-order valence-electron chi connectivity index (χ1n) is 9.53. The molecule has 3 aromatic rings. The second-order valence-electron chi connectivity index (χ2n) is 6.94. The number of carbonyl (C=O) groups excluding carboxylic acids is 1. The summed E-state index contributed by atoms with van der Waals surface area (Å²) in [4.78, 5) is 13.0. The van der Waals surface area contributed by atoms with Gasteiger partial charge in [0.1, 0.15) is 0 Å². The zero-order valence-corrected chi connectivity index (χ0v) is 16.2. The highest BCUT2D eigenvalue weighted by molar-refractivity contribution is 5.86. The van der Waals surface area contributed by atoms with Crippen molar-refractivity contribution in [2.75, 3.05) is 6.79 Å². The molecule has 3 aromatic carbocycles. The number of hydrazone groups is 1. The van der Waals surface area contributed by atoms with Crippen molar-refractivity contribution in [2.24, 2.45) is 5.10 Å². The van der Waals surface area contributed by atoms with Gasteiger partial charge in [-0.2, -0.15) is 5.10 Å². The van der Waals surface area contributed by atoms with Gasteiger partial charge in [0.2, 0.25) is 12.7 Å². The summed E-state index contributed by atoms with van der Waals surface area (Å²) in [5, 5.41) is 4.16. The van der Waals surface area contributed by atoms with E-state index in [2.05, 4.69) is 29.6 Å². The molecule has 0 radical (unpaired) electrons. The standard InChI is InChI=1S/C24H22N2O3/c1-17-7-5-6-10-20(17)14-21(19-8-3-2-4-9-19)24(27)26-25-15-18-11-12-22-23(13-18)29-16-28-22/h2-13,15,21H,14,16H2,1H3,(H,26,27)/b25-15+. The Morgan fingerprint density at radius 2 is 1.79 bits per heavy atom. The molecule has 1 heterocycles. The van der Waals surface area contributed by atoms with Crippen molar-refractivity contribution in [1.29, 1.82) is 0 Å². The largest absolute Gasteiger partial charge is 0.454 e. The fraction of sp³-hybridized carbons (Fsp3) is 0.167. The predicted octanol–water partition coefficient (Wildman–Crippen LogP) is 4.20. The first-order valence-corrected chi connectivity index (χ1v) is 9.53. The number of benzene rings is 3. The van der Waals surface area contributed by atoms with Gasteiger partial charge < -0.3 is 9.47 Å². The van der Waals surface area contributed by atoms with Gasteiger partial charge in [0, 0.05) is 0 Å². The fourth-order valence-electron chi connectivity index (χ4n) is 3.35. The summed E-state index contributed by atoms with van der Waals surface area (Å²) in [6.45, 7) is 2.29. The van der Waals surface area contributed by atoms with E-state index in [0.717, 1.165) is 16.7 Å². The molecule has 0 spiro atoms. The Bertz CT molecular complexity index is 1030. The Balaban J connectivity index is 1.50. The molecule has 0 saturated heterocycles. The molecule has 1 atom stereocenters. The average molecular weight is 386 g/mol. The van der Waals surface area contributed by atoms with Crippen LogP contribution < -0.4 is 14.9 Å². The molecule has 29 heavy (non-hydrogen) atoms. The van der Waals surface area contributed by atoms with E-state index in [0.29, 0.717) is 17.9 Å². The topological polar surface area (TPSA) is 59.9 Å². The number of hydrogen-bond donors (Lipinski definition) is 1. The van der Waals surface area contributed by atoms with Gasteiger partial charge in [0.25, 0.3) is 0 Å². The van der Waals surface area contributed by atoms with Crippen LogP contribution in [0.2, 0.25) is 0 Å². The molecule has 146 valence electrons. The number of nitrogens with zero attached hydrogens (tertiary/aromatic N) is 1. The second kappa shape index (κ2) is 8.61. The lowest BCUT2D eigenvalue weighted by Gasteiger charge is -2.17. The molecular weight excluding hydrogens is 364 g/mol. The minimum Gasteiger partial charge on any atom is -0.454 e. The van der Waals surface area contributed by atoms with Gasteiger partial charge in [0.15, 0.2) is 11.5 Å². The van der Waals surface area contributed by atoms with Crippen molar-refractivity contribution in [3.63, 3.8) is 0 Å². The monoisotopic (exact) mass is 386 g/mol. The maximum absolute atomic E-state index is 13.0. The zero-order valence-electron chi connectivity index (χ0n) is 16.2.